The third-order valence-corrected chi connectivity index (χ3v) is 4.61. The first-order valence-electron chi connectivity index (χ1n) is 5.62. The van der Waals surface area contributed by atoms with Crippen LogP contribution >= 0.6 is 12.2 Å². The molecule has 0 atom stereocenters. The summed E-state index contributed by atoms with van der Waals surface area (Å²) in [6.07, 6.45) is 1.27. The maximum atomic E-state index is 12.2. The second-order valence-electron chi connectivity index (χ2n) is 4.37. The van der Waals surface area contributed by atoms with E-state index in [1.165, 1.54) is 22.6 Å². The summed E-state index contributed by atoms with van der Waals surface area (Å²) in [4.78, 5) is 6.13. The summed E-state index contributed by atoms with van der Waals surface area (Å²) in [5, 5.41) is 0. The Labute approximate surface area is 119 Å². The Balaban J connectivity index is 2.90. The molecule has 0 aliphatic heterocycles. The maximum absolute atomic E-state index is 12.2. The molecule has 106 valence electrons. The van der Waals surface area contributed by atoms with Crippen LogP contribution in [-0.4, -0.2) is 61.8 Å². The molecule has 0 bridgehead atoms. The Morgan fingerprint density at radius 2 is 1.95 bits per heavy atom. The Hall–Kier alpha value is -1.09. The highest BCUT2D eigenvalue weighted by Crippen LogP contribution is 2.13. The van der Waals surface area contributed by atoms with E-state index >= 15 is 0 Å². The predicted octanol–water partition coefficient (Wildman–Crippen LogP) is -0.102. The molecular formula is C11H18N4O2S2. The fourth-order valence-corrected chi connectivity index (χ4v) is 2.55. The van der Waals surface area contributed by atoms with E-state index in [-0.39, 0.29) is 9.88 Å². The highest BCUT2D eigenvalue weighted by molar-refractivity contribution is 7.89. The van der Waals surface area contributed by atoms with Gasteiger partial charge in [0, 0.05) is 26.3 Å². The molecule has 0 saturated carbocycles. The van der Waals surface area contributed by atoms with E-state index in [0.717, 1.165) is 0 Å². The molecule has 0 saturated heterocycles. The zero-order valence-electron chi connectivity index (χ0n) is 11.2. The zero-order chi connectivity index (χ0) is 14.6. The van der Waals surface area contributed by atoms with Crippen molar-refractivity contribution in [1.29, 1.82) is 0 Å². The first kappa shape index (κ1) is 16.0. The lowest BCUT2D eigenvalue weighted by atomic mass is 10.3. The summed E-state index contributed by atoms with van der Waals surface area (Å²) < 4.78 is 25.8. The molecule has 19 heavy (non-hydrogen) atoms. The third kappa shape index (κ3) is 4.20. The Morgan fingerprint density at radius 1 is 1.32 bits per heavy atom. The molecule has 0 aliphatic carbocycles. The zero-order valence-corrected chi connectivity index (χ0v) is 12.8. The summed E-state index contributed by atoms with van der Waals surface area (Å²) in [6.45, 7) is 1.06. The van der Waals surface area contributed by atoms with Gasteiger partial charge < -0.3 is 10.6 Å². The highest BCUT2D eigenvalue weighted by Gasteiger charge is 2.21. The monoisotopic (exact) mass is 302 g/mol. The molecule has 0 unspecified atom stereocenters. The lowest BCUT2D eigenvalue weighted by Gasteiger charge is -2.19. The van der Waals surface area contributed by atoms with Crippen molar-refractivity contribution in [2.24, 2.45) is 5.73 Å². The van der Waals surface area contributed by atoms with Gasteiger partial charge in [0.15, 0.2) is 0 Å². The van der Waals surface area contributed by atoms with Crippen molar-refractivity contribution in [3.63, 3.8) is 0 Å². The van der Waals surface area contributed by atoms with Gasteiger partial charge in [-0.05, 0) is 26.2 Å². The van der Waals surface area contributed by atoms with Gasteiger partial charge in [-0.2, -0.15) is 4.31 Å². The van der Waals surface area contributed by atoms with Gasteiger partial charge in [-0.15, -0.1) is 0 Å². The normalized spacial score (nSPS) is 12.1. The molecule has 6 nitrogen and oxygen atoms in total. The van der Waals surface area contributed by atoms with E-state index in [4.69, 9.17) is 18.0 Å². The number of rotatable bonds is 6. The molecule has 1 aromatic heterocycles. The summed E-state index contributed by atoms with van der Waals surface area (Å²) in [5.74, 6) is 0. The Kier molecular flexibility index (Phi) is 5.36. The molecule has 1 heterocycles. The van der Waals surface area contributed by atoms with Gasteiger partial charge in [0.1, 0.15) is 9.88 Å². The summed E-state index contributed by atoms with van der Waals surface area (Å²) in [5.41, 5.74) is 5.82. The number of thiocarbonyl (C=S) groups is 1. The average Bonchev–Trinajstić information content (AvgIpc) is 2.35. The number of hydrogen-bond donors (Lipinski definition) is 1. The van der Waals surface area contributed by atoms with Crippen molar-refractivity contribution in [2.45, 2.75) is 4.90 Å². The van der Waals surface area contributed by atoms with Crippen molar-refractivity contribution in [3.8, 4) is 0 Å². The van der Waals surface area contributed by atoms with Gasteiger partial charge in [-0.3, -0.25) is 4.98 Å². The molecule has 1 aromatic rings. The fraction of sp³-hybridized carbons (Fsp3) is 0.455. The number of sulfonamides is 1. The summed E-state index contributed by atoms with van der Waals surface area (Å²) in [7, 11) is 1.80. The lowest BCUT2D eigenvalue weighted by Crippen LogP contribution is -2.33. The molecule has 0 aliphatic rings. The first-order chi connectivity index (χ1) is 8.75. The minimum absolute atomic E-state index is 0.133. The van der Waals surface area contributed by atoms with Gasteiger partial charge in [0.25, 0.3) is 0 Å². The summed E-state index contributed by atoms with van der Waals surface area (Å²) in [6, 6.07) is 2.97. The Morgan fingerprint density at radius 3 is 2.37 bits per heavy atom. The SMILES string of the molecule is CN(C)CCN(C)S(=O)(=O)c1ccc(C(N)=S)nc1. The van der Waals surface area contributed by atoms with Crippen LogP contribution in [0.25, 0.3) is 0 Å². The van der Waals surface area contributed by atoms with E-state index in [1.54, 1.807) is 7.05 Å². The van der Waals surface area contributed by atoms with Gasteiger partial charge in [-0.25, -0.2) is 8.42 Å². The molecule has 0 amide bonds. The van der Waals surface area contributed by atoms with E-state index in [2.05, 4.69) is 4.98 Å². The highest BCUT2D eigenvalue weighted by atomic mass is 32.2. The maximum Gasteiger partial charge on any atom is 0.244 e. The number of nitrogens with two attached hydrogens (primary N) is 1. The minimum Gasteiger partial charge on any atom is -0.388 e. The van der Waals surface area contributed by atoms with Gasteiger partial charge in [0.2, 0.25) is 10.0 Å². The van der Waals surface area contributed by atoms with Crippen molar-refractivity contribution in [2.75, 3.05) is 34.2 Å². The van der Waals surface area contributed by atoms with Gasteiger partial charge in [0.05, 0.1) is 5.69 Å². The largest absolute Gasteiger partial charge is 0.388 e. The van der Waals surface area contributed by atoms with E-state index < -0.39 is 10.0 Å². The second-order valence-corrected chi connectivity index (χ2v) is 6.86. The second kappa shape index (κ2) is 6.38. The van der Waals surface area contributed by atoms with Crippen molar-refractivity contribution >= 4 is 27.2 Å². The van der Waals surface area contributed by atoms with Crippen LogP contribution in [0, 0.1) is 0 Å². The molecular weight excluding hydrogens is 284 g/mol. The molecule has 2 N–H and O–H groups in total. The van der Waals surface area contributed by atoms with E-state index in [9.17, 15) is 8.42 Å². The number of likely N-dealkylation sites (N-methyl/N-ethyl adjacent to an activating group) is 2. The van der Waals surface area contributed by atoms with Crippen LogP contribution in [-0.2, 0) is 10.0 Å². The number of aromatic nitrogens is 1. The third-order valence-electron chi connectivity index (χ3n) is 2.56. The summed E-state index contributed by atoms with van der Waals surface area (Å²) >= 11 is 4.77. The van der Waals surface area contributed by atoms with Crippen LogP contribution < -0.4 is 5.73 Å². The fourth-order valence-electron chi connectivity index (χ4n) is 1.32. The van der Waals surface area contributed by atoms with E-state index in [0.29, 0.717) is 18.8 Å². The topological polar surface area (TPSA) is 79.5 Å². The van der Waals surface area contributed by atoms with Crippen molar-refractivity contribution < 1.29 is 8.42 Å². The number of nitrogens with zero attached hydrogens (tertiary/aromatic N) is 3. The average molecular weight is 302 g/mol. The molecule has 0 aromatic carbocycles. The van der Waals surface area contributed by atoms with Crippen LogP contribution in [0.3, 0.4) is 0 Å². The quantitative estimate of drug-likeness (QED) is 0.739. The van der Waals surface area contributed by atoms with E-state index in [1.807, 2.05) is 19.0 Å². The minimum atomic E-state index is -3.52. The van der Waals surface area contributed by atoms with Crippen LogP contribution in [0.2, 0.25) is 0 Å². The lowest BCUT2D eigenvalue weighted by molar-refractivity contribution is 0.358. The molecule has 0 radical (unpaired) electrons. The van der Waals surface area contributed by atoms with Crippen LogP contribution in [0.5, 0.6) is 0 Å². The molecule has 8 heteroatoms. The predicted molar refractivity (Wildman–Crippen MR) is 78.5 cm³/mol. The standard InChI is InChI=1S/C11H18N4O2S2/c1-14(2)6-7-15(3)19(16,17)9-4-5-10(11(12)18)13-8-9/h4-5,8H,6-7H2,1-3H3,(H2,12,18). The molecule has 1 rings (SSSR count). The van der Waals surface area contributed by atoms with Gasteiger partial charge in [-0.1, -0.05) is 12.2 Å². The number of hydrogen-bond acceptors (Lipinski definition) is 5. The first-order valence-corrected chi connectivity index (χ1v) is 7.47. The van der Waals surface area contributed by atoms with Crippen molar-refractivity contribution in [1.82, 2.24) is 14.2 Å². The van der Waals surface area contributed by atoms with Crippen LogP contribution in [0.1, 0.15) is 5.69 Å². The van der Waals surface area contributed by atoms with Crippen molar-refractivity contribution in [3.05, 3.63) is 24.0 Å². The van der Waals surface area contributed by atoms with Gasteiger partial charge >= 0.3 is 0 Å². The molecule has 0 spiro atoms. The number of pyridine rings is 1. The Bertz CT molecular complexity index is 540. The van der Waals surface area contributed by atoms with Crippen LogP contribution in [0.4, 0.5) is 0 Å². The van der Waals surface area contributed by atoms with Crippen LogP contribution in [0.15, 0.2) is 23.2 Å². The molecule has 0 fully saturated rings. The smallest absolute Gasteiger partial charge is 0.244 e.